The van der Waals surface area contributed by atoms with E-state index in [0.29, 0.717) is 5.92 Å². The van der Waals surface area contributed by atoms with Crippen molar-refractivity contribution in [2.45, 2.75) is 39.7 Å². The lowest BCUT2D eigenvalue weighted by Gasteiger charge is -2.03. The lowest BCUT2D eigenvalue weighted by atomic mass is 10.2. The van der Waals surface area contributed by atoms with Crippen LogP contribution in [0.3, 0.4) is 0 Å². The summed E-state index contributed by atoms with van der Waals surface area (Å²) in [6.45, 7) is 5.19. The molecule has 0 amide bonds. The van der Waals surface area contributed by atoms with Crippen LogP contribution in [0.1, 0.15) is 30.7 Å². The minimum atomic E-state index is 0.284. The molecule has 2 nitrogen and oxygen atoms in total. The third-order valence-corrected chi connectivity index (χ3v) is 3.61. The maximum atomic E-state index is 11.8. The Kier molecular flexibility index (Phi) is 2.28. The average molecular weight is 197 g/mol. The SMILES string of the molecule is CC(C)Cn1sc2c(c1=O)CCC2. The zero-order valence-electron chi connectivity index (χ0n) is 8.17. The quantitative estimate of drug-likeness (QED) is 0.711. The topological polar surface area (TPSA) is 22.0 Å². The van der Waals surface area contributed by atoms with Gasteiger partial charge in [-0.1, -0.05) is 25.4 Å². The summed E-state index contributed by atoms with van der Waals surface area (Å²) in [5.74, 6) is 0.566. The van der Waals surface area contributed by atoms with E-state index in [-0.39, 0.29) is 5.56 Å². The molecule has 2 rings (SSSR count). The van der Waals surface area contributed by atoms with E-state index in [1.807, 2.05) is 3.96 Å². The number of aryl methyl sites for hydroxylation is 1. The van der Waals surface area contributed by atoms with Crippen LogP contribution in [0.4, 0.5) is 0 Å². The standard InChI is InChI=1S/C10H15NOS/c1-7(2)6-11-10(12)8-4-3-5-9(8)13-11/h7H,3-6H2,1-2H3. The molecule has 0 aliphatic heterocycles. The van der Waals surface area contributed by atoms with Crippen LogP contribution in [0.5, 0.6) is 0 Å². The normalized spacial score (nSPS) is 15.3. The lowest BCUT2D eigenvalue weighted by molar-refractivity contribution is 0.540. The highest BCUT2D eigenvalue weighted by Crippen LogP contribution is 2.23. The van der Waals surface area contributed by atoms with Gasteiger partial charge in [-0.2, -0.15) is 0 Å². The highest BCUT2D eigenvalue weighted by atomic mass is 32.1. The molecule has 1 aromatic heterocycles. The third-order valence-electron chi connectivity index (χ3n) is 2.40. The predicted molar refractivity (Wildman–Crippen MR) is 55.4 cm³/mol. The minimum Gasteiger partial charge on any atom is -0.268 e. The first-order valence-electron chi connectivity index (χ1n) is 4.90. The Balaban J connectivity index is 2.34. The van der Waals surface area contributed by atoms with E-state index in [1.165, 1.54) is 11.3 Å². The molecular weight excluding hydrogens is 182 g/mol. The molecular formula is C10H15NOS. The molecule has 0 unspecified atom stereocenters. The fourth-order valence-corrected chi connectivity index (χ4v) is 3.19. The molecule has 0 bridgehead atoms. The molecule has 13 heavy (non-hydrogen) atoms. The Morgan fingerprint density at radius 2 is 2.23 bits per heavy atom. The highest BCUT2D eigenvalue weighted by molar-refractivity contribution is 7.06. The predicted octanol–water partition coefficient (Wildman–Crippen LogP) is 2.05. The lowest BCUT2D eigenvalue weighted by Crippen LogP contribution is -2.18. The maximum absolute atomic E-state index is 11.8. The van der Waals surface area contributed by atoms with E-state index in [2.05, 4.69) is 13.8 Å². The van der Waals surface area contributed by atoms with Gasteiger partial charge in [-0.05, 0) is 25.2 Å². The highest BCUT2D eigenvalue weighted by Gasteiger charge is 2.19. The van der Waals surface area contributed by atoms with E-state index in [1.54, 1.807) is 11.5 Å². The van der Waals surface area contributed by atoms with Gasteiger partial charge in [0.15, 0.2) is 0 Å². The van der Waals surface area contributed by atoms with Gasteiger partial charge in [-0.25, -0.2) is 0 Å². The van der Waals surface area contributed by atoms with Crippen molar-refractivity contribution in [1.82, 2.24) is 3.96 Å². The Hall–Kier alpha value is -0.570. The molecule has 0 radical (unpaired) electrons. The molecule has 1 aromatic rings. The van der Waals surface area contributed by atoms with Crippen LogP contribution in [0.15, 0.2) is 4.79 Å². The largest absolute Gasteiger partial charge is 0.268 e. The van der Waals surface area contributed by atoms with Crippen molar-refractivity contribution in [2.75, 3.05) is 0 Å². The summed E-state index contributed by atoms with van der Waals surface area (Å²) in [6.07, 6.45) is 3.31. The second kappa shape index (κ2) is 3.29. The van der Waals surface area contributed by atoms with Crippen molar-refractivity contribution in [3.8, 4) is 0 Å². The smallest absolute Gasteiger partial charge is 0.264 e. The number of hydrogen-bond acceptors (Lipinski definition) is 2. The van der Waals surface area contributed by atoms with Gasteiger partial charge in [0.05, 0.1) is 0 Å². The summed E-state index contributed by atoms with van der Waals surface area (Å²) >= 11 is 1.68. The Bertz CT molecular complexity index is 361. The number of fused-ring (bicyclic) bond motifs is 1. The van der Waals surface area contributed by atoms with Gasteiger partial charge >= 0.3 is 0 Å². The second-order valence-corrected chi connectivity index (χ2v) is 5.22. The summed E-state index contributed by atoms with van der Waals surface area (Å²) in [6, 6.07) is 0. The van der Waals surface area contributed by atoms with Crippen LogP contribution in [0.2, 0.25) is 0 Å². The first kappa shape index (κ1) is 9.00. The summed E-state index contributed by atoms with van der Waals surface area (Å²) in [5.41, 5.74) is 1.39. The zero-order chi connectivity index (χ0) is 9.42. The average Bonchev–Trinajstić information content (AvgIpc) is 2.56. The first-order valence-corrected chi connectivity index (χ1v) is 5.67. The monoisotopic (exact) mass is 197 g/mol. The number of nitrogens with zero attached hydrogens (tertiary/aromatic N) is 1. The van der Waals surface area contributed by atoms with Gasteiger partial charge in [0.1, 0.15) is 0 Å². The number of hydrogen-bond donors (Lipinski definition) is 0. The Morgan fingerprint density at radius 3 is 2.85 bits per heavy atom. The zero-order valence-corrected chi connectivity index (χ0v) is 8.99. The van der Waals surface area contributed by atoms with Crippen molar-refractivity contribution in [3.63, 3.8) is 0 Å². The van der Waals surface area contributed by atoms with Crippen molar-refractivity contribution in [2.24, 2.45) is 5.92 Å². The van der Waals surface area contributed by atoms with Crippen molar-refractivity contribution < 1.29 is 0 Å². The summed E-state index contributed by atoms with van der Waals surface area (Å²) < 4.78 is 1.93. The second-order valence-electron chi connectivity index (χ2n) is 4.11. The fraction of sp³-hybridized carbons (Fsp3) is 0.700. The molecule has 1 aliphatic carbocycles. The minimum absolute atomic E-state index is 0.284. The molecule has 1 heterocycles. The van der Waals surface area contributed by atoms with E-state index < -0.39 is 0 Å². The maximum Gasteiger partial charge on any atom is 0.264 e. The van der Waals surface area contributed by atoms with Crippen LogP contribution < -0.4 is 5.56 Å². The van der Waals surface area contributed by atoms with Gasteiger partial charge in [0.25, 0.3) is 5.56 Å². The van der Waals surface area contributed by atoms with Crippen molar-refractivity contribution in [1.29, 1.82) is 0 Å². The van der Waals surface area contributed by atoms with Gasteiger partial charge in [-0.15, -0.1) is 0 Å². The van der Waals surface area contributed by atoms with E-state index in [9.17, 15) is 4.79 Å². The summed E-state index contributed by atoms with van der Waals surface area (Å²) in [4.78, 5) is 13.1. The van der Waals surface area contributed by atoms with Crippen molar-refractivity contribution in [3.05, 3.63) is 20.8 Å². The molecule has 1 aliphatic rings. The molecule has 0 saturated heterocycles. The van der Waals surface area contributed by atoms with E-state index in [0.717, 1.165) is 24.9 Å². The first-order chi connectivity index (χ1) is 6.18. The molecule has 0 saturated carbocycles. The molecule has 0 N–H and O–H groups in total. The summed E-state index contributed by atoms with van der Waals surface area (Å²) in [7, 11) is 0. The van der Waals surface area contributed by atoms with Crippen molar-refractivity contribution >= 4 is 11.5 Å². The van der Waals surface area contributed by atoms with Crippen LogP contribution >= 0.6 is 11.5 Å². The molecule has 72 valence electrons. The number of aromatic nitrogens is 1. The van der Waals surface area contributed by atoms with Crippen LogP contribution in [0, 0.1) is 5.92 Å². The van der Waals surface area contributed by atoms with Gasteiger partial charge in [0, 0.05) is 17.0 Å². The number of rotatable bonds is 2. The summed E-state index contributed by atoms with van der Waals surface area (Å²) in [5, 5.41) is 0. The van der Waals surface area contributed by atoms with E-state index in [4.69, 9.17) is 0 Å². The molecule has 0 spiro atoms. The van der Waals surface area contributed by atoms with Gasteiger partial charge in [-0.3, -0.25) is 8.75 Å². The van der Waals surface area contributed by atoms with E-state index >= 15 is 0 Å². The Labute approximate surface area is 82.4 Å². The molecule has 0 aromatic carbocycles. The van der Waals surface area contributed by atoms with Gasteiger partial charge in [0.2, 0.25) is 0 Å². The van der Waals surface area contributed by atoms with Crippen LogP contribution in [-0.4, -0.2) is 3.96 Å². The molecule has 0 atom stereocenters. The fourth-order valence-electron chi connectivity index (χ4n) is 1.82. The third kappa shape index (κ3) is 1.57. The Morgan fingerprint density at radius 1 is 1.46 bits per heavy atom. The molecule has 3 heteroatoms. The van der Waals surface area contributed by atoms with Crippen LogP contribution in [0.25, 0.3) is 0 Å². The van der Waals surface area contributed by atoms with Crippen LogP contribution in [-0.2, 0) is 19.4 Å². The van der Waals surface area contributed by atoms with Gasteiger partial charge < -0.3 is 0 Å². The molecule has 0 fully saturated rings.